The Morgan fingerprint density at radius 2 is 2.07 bits per heavy atom. The molecule has 2 aromatic heterocycles. The largest absolute Gasteiger partial charge is 0.506 e. The molecule has 3 rings (SSSR count). The van der Waals surface area contributed by atoms with E-state index in [1.807, 2.05) is 24.4 Å². The first-order valence-corrected chi connectivity index (χ1v) is 5.12. The fourth-order valence-electron chi connectivity index (χ4n) is 1.64. The second-order valence-corrected chi connectivity index (χ2v) is 4.18. The topological polar surface area (TPSA) is 33.1 Å². The molecular weight excluding hydrogens is 194 g/mol. The van der Waals surface area contributed by atoms with Crippen molar-refractivity contribution in [3.63, 3.8) is 0 Å². The minimum Gasteiger partial charge on any atom is -0.506 e. The van der Waals surface area contributed by atoms with Crippen LogP contribution >= 0.6 is 11.3 Å². The first-order chi connectivity index (χ1) is 6.86. The highest BCUT2D eigenvalue weighted by Crippen LogP contribution is 2.37. The highest BCUT2D eigenvalue weighted by Gasteiger charge is 2.06. The lowest BCUT2D eigenvalue weighted by Gasteiger charge is -1.92. The molecule has 1 aromatic carbocycles. The molecule has 2 nitrogen and oxygen atoms in total. The van der Waals surface area contributed by atoms with E-state index in [1.165, 1.54) is 0 Å². The predicted molar refractivity (Wildman–Crippen MR) is 58.8 cm³/mol. The van der Waals surface area contributed by atoms with Crippen molar-refractivity contribution >= 4 is 31.5 Å². The summed E-state index contributed by atoms with van der Waals surface area (Å²) >= 11 is 1.58. The molecule has 1 N–H and O–H groups in total. The predicted octanol–water partition coefficient (Wildman–Crippen LogP) is 3.16. The number of aromatic hydroxyl groups is 1. The lowest BCUT2D eigenvalue weighted by atomic mass is 10.2. The molecule has 14 heavy (non-hydrogen) atoms. The van der Waals surface area contributed by atoms with Gasteiger partial charge in [0, 0.05) is 23.2 Å². The lowest BCUT2D eigenvalue weighted by Crippen LogP contribution is -1.68. The second kappa shape index (κ2) is 2.69. The van der Waals surface area contributed by atoms with Crippen molar-refractivity contribution in [1.29, 1.82) is 0 Å². The Balaban J connectivity index is 2.63. The van der Waals surface area contributed by atoms with Crippen LogP contribution in [0.3, 0.4) is 0 Å². The van der Waals surface area contributed by atoms with E-state index in [1.54, 1.807) is 23.6 Å². The van der Waals surface area contributed by atoms with Crippen LogP contribution in [0.25, 0.3) is 20.2 Å². The fraction of sp³-hybridized carbons (Fsp3) is 0. The monoisotopic (exact) mass is 201 g/mol. The molecule has 0 saturated heterocycles. The molecule has 3 aromatic rings. The van der Waals surface area contributed by atoms with E-state index >= 15 is 0 Å². The minimum absolute atomic E-state index is 0.351. The maximum atomic E-state index is 9.66. The Bertz CT molecular complexity index is 615. The first kappa shape index (κ1) is 7.76. The highest BCUT2D eigenvalue weighted by atomic mass is 32.1. The molecule has 0 amide bonds. The SMILES string of the molecule is Oc1cccc2c1sc1cnccc12. The average Bonchev–Trinajstić information content (AvgIpc) is 2.59. The summed E-state index contributed by atoms with van der Waals surface area (Å²) in [6.07, 6.45) is 3.61. The van der Waals surface area contributed by atoms with Gasteiger partial charge in [-0.25, -0.2) is 0 Å². The fourth-order valence-corrected chi connectivity index (χ4v) is 2.72. The minimum atomic E-state index is 0.351. The quantitative estimate of drug-likeness (QED) is 0.606. The molecule has 0 fully saturated rings. The number of benzene rings is 1. The molecule has 68 valence electrons. The molecule has 3 heteroatoms. The molecule has 0 radical (unpaired) electrons. The van der Waals surface area contributed by atoms with Crippen LogP contribution in [-0.2, 0) is 0 Å². The number of fused-ring (bicyclic) bond motifs is 3. The number of phenols is 1. The average molecular weight is 201 g/mol. The van der Waals surface area contributed by atoms with Crippen LogP contribution in [0.15, 0.2) is 36.7 Å². The van der Waals surface area contributed by atoms with Gasteiger partial charge in [0.05, 0.1) is 9.40 Å². The van der Waals surface area contributed by atoms with Gasteiger partial charge in [-0.3, -0.25) is 4.98 Å². The van der Waals surface area contributed by atoms with Gasteiger partial charge < -0.3 is 5.11 Å². The maximum absolute atomic E-state index is 9.66. The second-order valence-electron chi connectivity index (χ2n) is 3.13. The molecule has 0 aliphatic rings. The molecule has 0 unspecified atom stereocenters. The molecule has 0 aliphatic heterocycles. The van der Waals surface area contributed by atoms with Crippen molar-refractivity contribution in [2.45, 2.75) is 0 Å². The third kappa shape index (κ3) is 0.930. The van der Waals surface area contributed by atoms with Gasteiger partial charge in [0.2, 0.25) is 0 Å². The van der Waals surface area contributed by atoms with Gasteiger partial charge in [0.1, 0.15) is 5.75 Å². The van der Waals surface area contributed by atoms with E-state index in [-0.39, 0.29) is 0 Å². The Labute approximate surface area is 84.4 Å². The summed E-state index contributed by atoms with van der Waals surface area (Å²) in [7, 11) is 0. The van der Waals surface area contributed by atoms with Gasteiger partial charge >= 0.3 is 0 Å². The van der Waals surface area contributed by atoms with Crippen LogP contribution in [-0.4, -0.2) is 10.1 Å². The maximum Gasteiger partial charge on any atom is 0.133 e. The van der Waals surface area contributed by atoms with Crippen LogP contribution in [0.2, 0.25) is 0 Å². The van der Waals surface area contributed by atoms with Crippen LogP contribution in [0.4, 0.5) is 0 Å². The van der Waals surface area contributed by atoms with Crippen LogP contribution in [0.5, 0.6) is 5.75 Å². The molecule has 0 saturated carbocycles. The van der Waals surface area contributed by atoms with Gasteiger partial charge in [0.15, 0.2) is 0 Å². The highest BCUT2D eigenvalue weighted by molar-refractivity contribution is 7.26. The number of rotatable bonds is 0. The number of thiophene rings is 1. The third-order valence-electron chi connectivity index (χ3n) is 2.28. The molecular formula is C11H7NOS. The molecule has 2 heterocycles. The summed E-state index contributed by atoms with van der Waals surface area (Å²) in [4.78, 5) is 4.07. The zero-order chi connectivity index (χ0) is 9.54. The first-order valence-electron chi connectivity index (χ1n) is 4.30. The van der Waals surface area contributed by atoms with Crippen molar-refractivity contribution in [2.24, 2.45) is 0 Å². The van der Waals surface area contributed by atoms with E-state index in [0.29, 0.717) is 5.75 Å². The number of nitrogens with zero attached hydrogens (tertiary/aromatic N) is 1. The van der Waals surface area contributed by atoms with Crippen LogP contribution < -0.4 is 0 Å². The molecule has 0 atom stereocenters. The Kier molecular flexibility index (Phi) is 1.49. The Morgan fingerprint density at radius 1 is 1.14 bits per heavy atom. The Morgan fingerprint density at radius 3 is 3.00 bits per heavy atom. The lowest BCUT2D eigenvalue weighted by molar-refractivity contribution is 0.482. The van der Waals surface area contributed by atoms with Crippen molar-refractivity contribution in [1.82, 2.24) is 4.98 Å². The zero-order valence-electron chi connectivity index (χ0n) is 7.27. The summed E-state index contributed by atoms with van der Waals surface area (Å²) in [5, 5.41) is 11.9. The van der Waals surface area contributed by atoms with Crippen molar-refractivity contribution in [3.05, 3.63) is 36.7 Å². The normalized spacial score (nSPS) is 11.1. The summed E-state index contributed by atoms with van der Waals surface area (Å²) in [6, 6.07) is 7.58. The number of hydrogen-bond acceptors (Lipinski definition) is 3. The summed E-state index contributed by atoms with van der Waals surface area (Å²) in [6.45, 7) is 0. The summed E-state index contributed by atoms with van der Waals surface area (Å²) < 4.78 is 2.06. The van der Waals surface area contributed by atoms with Crippen molar-refractivity contribution < 1.29 is 5.11 Å². The Hall–Kier alpha value is -1.61. The number of hydrogen-bond donors (Lipinski definition) is 1. The van der Waals surface area contributed by atoms with Gasteiger partial charge in [-0.15, -0.1) is 11.3 Å². The van der Waals surface area contributed by atoms with E-state index in [0.717, 1.165) is 20.2 Å². The van der Waals surface area contributed by atoms with Gasteiger partial charge in [0.25, 0.3) is 0 Å². The van der Waals surface area contributed by atoms with E-state index < -0.39 is 0 Å². The molecule has 0 aliphatic carbocycles. The number of pyridine rings is 1. The van der Waals surface area contributed by atoms with Crippen molar-refractivity contribution in [3.8, 4) is 5.75 Å². The number of aromatic nitrogens is 1. The summed E-state index contributed by atoms with van der Waals surface area (Å²) in [5.74, 6) is 0.351. The van der Waals surface area contributed by atoms with E-state index in [4.69, 9.17) is 0 Å². The molecule has 0 bridgehead atoms. The zero-order valence-corrected chi connectivity index (χ0v) is 8.08. The van der Waals surface area contributed by atoms with Gasteiger partial charge in [-0.05, 0) is 12.1 Å². The molecule has 0 spiro atoms. The standard InChI is InChI=1S/C11H7NOS/c13-9-3-1-2-8-7-4-5-12-6-10(7)14-11(8)9/h1-6,13H. The number of phenolic OH excluding ortho intramolecular Hbond substituents is 1. The smallest absolute Gasteiger partial charge is 0.133 e. The van der Waals surface area contributed by atoms with Gasteiger partial charge in [-0.2, -0.15) is 0 Å². The van der Waals surface area contributed by atoms with E-state index in [2.05, 4.69) is 4.98 Å². The summed E-state index contributed by atoms with van der Waals surface area (Å²) in [5.41, 5.74) is 0. The van der Waals surface area contributed by atoms with E-state index in [9.17, 15) is 5.11 Å². The third-order valence-corrected chi connectivity index (χ3v) is 3.46. The van der Waals surface area contributed by atoms with Crippen molar-refractivity contribution in [2.75, 3.05) is 0 Å². The van der Waals surface area contributed by atoms with Crippen LogP contribution in [0.1, 0.15) is 0 Å². The van der Waals surface area contributed by atoms with Gasteiger partial charge in [-0.1, -0.05) is 12.1 Å². The van der Waals surface area contributed by atoms with Crippen LogP contribution in [0, 0.1) is 0 Å².